The molecule has 0 saturated heterocycles. The summed E-state index contributed by atoms with van der Waals surface area (Å²) < 4.78 is 3.65. The molecule has 0 atom stereocenters. The highest BCUT2D eigenvalue weighted by Gasteiger charge is 2.18. The maximum atomic E-state index is 12.9. The lowest BCUT2D eigenvalue weighted by molar-refractivity contribution is 0.101. The van der Waals surface area contributed by atoms with E-state index < -0.39 is 0 Å². The van der Waals surface area contributed by atoms with Crippen molar-refractivity contribution < 1.29 is 4.79 Å². The molecule has 1 amide bonds. The van der Waals surface area contributed by atoms with Gasteiger partial charge in [0.2, 0.25) is 0 Å². The number of carbonyl (C=O) groups excluding carboxylic acids is 1. The molecule has 2 heterocycles. The number of hydrogen-bond acceptors (Lipinski definition) is 2. The second kappa shape index (κ2) is 6.35. The molecular formula is C20H17ClN4O. The molecule has 4 aromatic rings. The summed E-state index contributed by atoms with van der Waals surface area (Å²) in [7, 11) is 1.89. The molecule has 0 saturated carbocycles. The van der Waals surface area contributed by atoms with E-state index in [0.29, 0.717) is 16.4 Å². The van der Waals surface area contributed by atoms with Crippen molar-refractivity contribution in [2.24, 2.45) is 7.05 Å². The van der Waals surface area contributed by atoms with Gasteiger partial charge in [-0.1, -0.05) is 17.7 Å². The topological polar surface area (TPSA) is 51.9 Å². The molecular weight excluding hydrogens is 348 g/mol. The summed E-state index contributed by atoms with van der Waals surface area (Å²) >= 11 is 6.11. The predicted octanol–water partition coefficient (Wildman–Crippen LogP) is 4.58. The minimum absolute atomic E-state index is 0.157. The smallest absolute Gasteiger partial charge is 0.272 e. The van der Waals surface area contributed by atoms with E-state index >= 15 is 0 Å². The lowest BCUT2D eigenvalue weighted by Crippen LogP contribution is -2.17. The highest BCUT2D eigenvalue weighted by Crippen LogP contribution is 2.28. The van der Waals surface area contributed by atoms with E-state index in [1.807, 2.05) is 73.3 Å². The van der Waals surface area contributed by atoms with Gasteiger partial charge in [-0.3, -0.25) is 4.79 Å². The van der Waals surface area contributed by atoms with Crippen molar-refractivity contribution in [1.29, 1.82) is 0 Å². The van der Waals surface area contributed by atoms with E-state index in [2.05, 4.69) is 10.4 Å². The van der Waals surface area contributed by atoms with Crippen LogP contribution in [0.4, 0.5) is 5.69 Å². The third kappa shape index (κ3) is 2.76. The normalized spacial score (nSPS) is 11.0. The van der Waals surface area contributed by atoms with Crippen molar-refractivity contribution in [3.63, 3.8) is 0 Å². The molecule has 26 heavy (non-hydrogen) atoms. The predicted molar refractivity (Wildman–Crippen MR) is 104 cm³/mol. The van der Waals surface area contributed by atoms with Crippen LogP contribution in [0.2, 0.25) is 5.02 Å². The zero-order valence-corrected chi connectivity index (χ0v) is 15.2. The number of aryl methyl sites for hydroxylation is 2. The molecule has 6 heteroatoms. The van der Waals surface area contributed by atoms with Crippen LogP contribution in [0.5, 0.6) is 0 Å². The molecule has 0 aliphatic rings. The van der Waals surface area contributed by atoms with Gasteiger partial charge in [-0.15, -0.1) is 0 Å². The Kier molecular flexibility index (Phi) is 4.01. The van der Waals surface area contributed by atoms with Crippen LogP contribution in [0.25, 0.3) is 16.6 Å². The van der Waals surface area contributed by atoms with Gasteiger partial charge in [-0.2, -0.15) is 5.10 Å². The zero-order valence-electron chi connectivity index (χ0n) is 14.4. The number of rotatable bonds is 3. The number of benzene rings is 2. The van der Waals surface area contributed by atoms with Crippen molar-refractivity contribution >= 4 is 34.1 Å². The number of anilines is 1. The van der Waals surface area contributed by atoms with E-state index in [-0.39, 0.29) is 5.91 Å². The zero-order chi connectivity index (χ0) is 18.3. The van der Waals surface area contributed by atoms with E-state index in [1.54, 1.807) is 10.9 Å². The quantitative estimate of drug-likeness (QED) is 0.578. The van der Waals surface area contributed by atoms with Crippen LogP contribution in [-0.4, -0.2) is 20.3 Å². The molecule has 0 fully saturated rings. The van der Waals surface area contributed by atoms with E-state index in [1.165, 1.54) is 0 Å². The van der Waals surface area contributed by atoms with Crippen LogP contribution in [0.15, 0.2) is 60.9 Å². The third-order valence-corrected chi connectivity index (χ3v) is 4.74. The molecule has 0 unspecified atom stereocenters. The van der Waals surface area contributed by atoms with Crippen molar-refractivity contribution in [3.8, 4) is 5.69 Å². The summed E-state index contributed by atoms with van der Waals surface area (Å²) in [6, 6.07) is 15.1. The maximum Gasteiger partial charge on any atom is 0.272 e. The highest BCUT2D eigenvalue weighted by molar-refractivity contribution is 6.31. The van der Waals surface area contributed by atoms with Gasteiger partial charge in [0.05, 0.1) is 5.69 Å². The number of carbonyl (C=O) groups is 1. The van der Waals surface area contributed by atoms with E-state index in [9.17, 15) is 4.79 Å². The van der Waals surface area contributed by atoms with Crippen LogP contribution >= 0.6 is 11.6 Å². The van der Waals surface area contributed by atoms with Crippen LogP contribution in [0, 0.1) is 6.92 Å². The number of halogens is 1. The number of hydrogen-bond donors (Lipinski definition) is 1. The Morgan fingerprint density at radius 1 is 1.15 bits per heavy atom. The van der Waals surface area contributed by atoms with Crippen molar-refractivity contribution in [3.05, 3.63) is 77.2 Å². The maximum absolute atomic E-state index is 12.9. The minimum atomic E-state index is -0.157. The number of aromatic nitrogens is 3. The largest absolute Gasteiger partial charge is 0.339 e. The average molecular weight is 365 g/mol. The first-order valence-corrected chi connectivity index (χ1v) is 8.58. The summed E-state index contributed by atoms with van der Waals surface area (Å²) in [4.78, 5) is 12.9. The second-order valence-corrected chi connectivity index (χ2v) is 6.59. The fourth-order valence-corrected chi connectivity index (χ4v) is 3.43. The first-order valence-electron chi connectivity index (χ1n) is 8.20. The van der Waals surface area contributed by atoms with Crippen molar-refractivity contribution in [1.82, 2.24) is 14.3 Å². The molecule has 4 rings (SSSR count). The Morgan fingerprint density at radius 3 is 2.77 bits per heavy atom. The molecule has 1 N–H and O–H groups in total. The fraction of sp³-hybridized carbons (Fsp3) is 0.100. The molecule has 0 radical (unpaired) electrons. The highest BCUT2D eigenvalue weighted by atomic mass is 35.5. The van der Waals surface area contributed by atoms with Gasteiger partial charge in [-0.05, 0) is 55.0 Å². The molecule has 2 aromatic heterocycles. The van der Waals surface area contributed by atoms with Gasteiger partial charge in [0.25, 0.3) is 5.91 Å². The summed E-state index contributed by atoms with van der Waals surface area (Å²) in [5, 5.41) is 8.84. The van der Waals surface area contributed by atoms with Crippen LogP contribution in [0.1, 0.15) is 16.1 Å². The Labute approximate surface area is 155 Å². The Hall–Kier alpha value is -3.05. The Balaban J connectivity index is 1.69. The van der Waals surface area contributed by atoms with Gasteiger partial charge in [0, 0.05) is 41.1 Å². The van der Waals surface area contributed by atoms with Gasteiger partial charge in [-0.25, -0.2) is 4.68 Å². The van der Waals surface area contributed by atoms with Crippen LogP contribution < -0.4 is 5.32 Å². The minimum Gasteiger partial charge on any atom is -0.339 e. The fourth-order valence-electron chi connectivity index (χ4n) is 3.26. The molecule has 2 aromatic carbocycles. The van der Waals surface area contributed by atoms with Crippen LogP contribution in [0.3, 0.4) is 0 Å². The first kappa shape index (κ1) is 16.4. The summed E-state index contributed by atoms with van der Waals surface area (Å²) in [6.45, 7) is 1.94. The lowest BCUT2D eigenvalue weighted by atomic mass is 10.1. The monoisotopic (exact) mass is 364 g/mol. The summed E-state index contributed by atoms with van der Waals surface area (Å²) in [6.07, 6.45) is 3.58. The van der Waals surface area contributed by atoms with Crippen molar-refractivity contribution in [2.75, 3.05) is 5.32 Å². The third-order valence-electron chi connectivity index (χ3n) is 4.50. The van der Waals surface area contributed by atoms with Gasteiger partial charge in [0.1, 0.15) is 5.69 Å². The summed E-state index contributed by atoms with van der Waals surface area (Å²) in [5.41, 5.74) is 4.10. The molecule has 0 spiro atoms. The van der Waals surface area contributed by atoms with Crippen LogP contribution in [-0.2, 0) is 7.05 Å². The molecule has 130 valence electrons. The van der Waals surface area contributed by atoms with Gasteiger partial charge < -0.3 is 9.88 Å². The number of nitrogens with zero attached hydrogens (tertiary/aromatic N) is 3. The molecule has 0 aliphatic carbocycles. The number of fused-ring (bicyclic) bond motifs is 1. The standard InChI is InChI=1S/C20H17ClN4O/c1-13-17-11-14(21)7-8-18(17)24(2)19(13)20(26)23-15-5-3-6-16(12-15)25-10-4-9-22-25/h3-12H,1-2H3,(H,23,26). The first-order chi connectivity index (χ1) is 12.5. The van der Waals surface area contributed by atoms with Crippen molar-refractivity contribution in [2.45, 2.75) is 6.92 Å². The number of amides is 1. The Morgan fingerprint density at radius 2 is 2.00 bits per heavy atom. The number of nitrogens with one attached hydrogen (secondary N) is 1. The van der Waals surface area contributed by atoms with Gasteiger partial charge >= 0.3 is 0 Å². The van der Waals surface area contributed by atoms with E-state index in [4.69, 9.17) is 11.6 Å². The SMILES string of the molecule is Cc1c(C(=O)Nc2cccc(-n3cccn3)c2)n(C)c2ccc(Cl)cc12. The molecule has 0 bridgehead atoms. The second-order valence-electron chi connectivity index (χ2n) is 6.15. The lowest BCUT2D eigenvalue weighted by Gasteiger charge is -2.09. The molecule has 0 aliphatic heterocycles. The summed E-state index contributed by atoms with van der Waals surface area (Å²) in [5.74, 6) is -0.157. The Bertz CT molecular complexity index is 1110. The average Bonchev–Trinajstić information content (AvgIpc) is 3.23. The van der Waals surface area contributed by atoms with E-state index in [0.717, 1.165) is 22.2 Å². The van der Waals surface area contributed by atoms with Gasteiger partial charge in [0.15, 0.2) is 0 Å². The molecule has 5 nitrogen and oxygen atoms in total.